The fourth-order valence-corrected chi connectivity index (χ4v) is 0. The molecule has 0 unspecified atom stereocenters. The molecule has 0 heterocycles. The van der Waals surface area contributed by atoms with E-state index >= 15 is 0 Å². The molecule has 30 valence electrons. The van der Waals surface area contributed by atoms with Crippen LogP contribution in [-0.4, -0.2) is 48.9 Å². The molecule has 0 atom stereocenters. The molecule has 0 bridgehead atoms. The molecule has 1 nitrogen and oxygen atoms in total. The van der Waals surface area contributed by atoms with E-state index in [1.807, 2.05) is 0 Å². The first kappa shape index (κ1) is 15.7. The standard InChI is InChI=1S/Ba.Cu.O.Tb.2H. The Morgan fingerprint density at radius 2 is 1.25 bits per heavy atom. The minimum Gasteiger partial charge on any atom is 0 e. The van der Waals surface area contributed by atoms with E-state index in [0.717, 1.165) is 0 Å². The van der Waals surface area contributed by atoms with Crippen LogP contribution in [-0.2, 0) is 19.8 Å². The van der Waals surface area contributed by atoms with Gasteiger partial charge >= 0.3 is 68.7 Å². The van der Waals surface area contributed by atoms with Crippen LogP contribution in [0, 0.1) is 38.6 Å². The van der Waals surface area contributed by atoms with Gasteiger partial charge in [-0.25, -0.2) is 0 Å². The third-order valence-electron chi connectivity index (χ3n) is 0. The molecule has 0 aromatic carbocycles. The van der Waals surface area contributed by atoms with Crippen LogP contribution < -0.4 is 0 Å². The monoisotopic (exact) mass is 378 g/mol. The van der Waals surface area contributed by atoms with Crippen LogP contribution in [0.25, 0.3) is 0 Å². The first-order valence-electron chi connectivity index (χ1n) is 0.123. The Bertz CT molecular complexity index is 8.00. The predicted molar refractivity (Wildman–Crippen MR) is 9.23 cm³/mol. The van der Waals surface area contributed by atoms with Crippen molar-refractivity contribution in [2.75, 3.05) is 0 Å². The Labute approximate surface area is 104 Å². The Kier molecular flexibility index (Phi) is 64.4. The van der Waals surface area contributed by atoms with Crippen LogP contribution in [0.15, 0.2) is 0 Å². The molecular weight excluding hydrogens is 376 g/mol. The van der Waals surface area contributed by atoms with Gasteiger partial charge in [-0.3, -0.25) is 0 Å². The van der Waals surface area contributed by atoms with Crippen LogP contribution in [0.5, 0.6) is 0 Å². The maximum atomic E-state index is 7.81. The second kappa shape index (κ2) is 16.4. The van der Waals surface area contributed by atoms with E-state index in [9.17, 15) is 0 Å². The molecule has 0 aliphatic carbocycles. The smallest absolute Gasteiger partial charge is 0 e. The molecule has 0 rings (SSSR count). The van der Waals surface area contributed by atoms with Crippen molar-refractivity contribution < 1.29 is 58.4 Å². The van der Waals surface area contributed by atoms with Crippen LogP contribution in [0.2, 0.25) is 0 Å². The van der Waals surface area contributed by atoms with Gasteiger partial charge in [0, 0.05) is 38.6 Å². The first-order valence-corrected chi connectivity index (χ1v) is 0.508. The summed E-state index contributed by atoms with van der Waals surface area (Å²) in [5.74, 6) is 0. The van der Waals surface area contributed by atoms with Crippen molar-refractivity contribution in [3.05, 3.63) is 0 Å². The topological polar surface area (TPSA) is 17.1 Å². The van der Waals surface area contributed by atoms with Crippen molar-refractivity contribution in [2.45, 2.75) is 0 Å². The number of hydrogen-bond acceptors (Lipinski definition) is 1. The van der Waals surface area contributed by atoms with E-state index in [4.69, 9.17) is 3.83 Å². The number of hydrogen-bond donors (Lipinski definition) is 0. The molecule has 0 saturated heterocycles. The summed E-state index contributed by atoms with van der Waals surface area (Å²) in [6.45, 7) is 0. The van der Waals surface area contributed by atoms with Crippen molar-refractivity contribution in [3.8, 4) is 0 Å². The molecule has 0 aliphatic heterocycles. The molecule has 0 spiro atoms. The van der Waals surface area contributed by atoms with E-state index in [1.165, 1.54) is 0 Å². The second-order valence-electron chi connectivity index (χ2n) is 0. The maximum Gasteiger partial charge on any atom is 0 e. The van der Waals surface area contributed by atoms with E-state index in [2.05, 4.69) is 15.9 Å². The summed E-state index contributed by atoms with van der Waals surface area (Å²) in [7, 11) is 0. The van der Waals surface area contributed by atoms with Gasteiger partial charge < -0.3 is 0 Å². The molecule has 0 amide bonds. The fourth-order valence-electron chi connectivity index (χ4n) is 0. The Balaban J connectivity index is -0.00000000500. The third-order valence-corrected chi connectivity index (χ3v) is 0. The normalized spacial score (nSPS) is 1.50. The SMILES string of the molecule is [BaH2].[O]=[Cu].[Tb]. The minimum atomic E-state index is 0. The van der Waals surface area contributed by atoms with Gasteiger partial charge in [0.05, 0.1) is 0 Å². The first-order chi connectivity index (χ1) is 1.00. The van der Waals surface area contributed by atoms with E-state index in [1.54, 1.807) is 0 Å². The average molecular weight is 378 g/mol. The average Bonchev–Trinajstić information content (AvgIpc) is 1.00. The second-order valence-corrected chi connectivity index (χ2v) is 0. The molecule has 1 radical (unpaired) electrons. The van der Waals surface area contributed by atoms with E-state index < -0.39 is 0 Å². The van der Waals surface area contributed by atoms with Gasteiger partial charge in [0.2, 0.25) is 0 Å². The molecule has 0 aliphatic rings. The van der Waals surface area contributed by atoms with Gasteiger partial charge in [-0.05, 0) is 0 Å². The Hall–Kier alpha value is 3.18. The quantitative estimate of drug-likeness (QED) is 0.493. The summed E-state index contributed by atoms with van der Waals surface area (Å²) >= 11 is 2.94. The molecule has 0 N–H and O–H groups in total. The zero-order valence-corrected chi connectivity index (χ0v) is 4.12. The maximum absolute atomic E-state index is 7.81. The van der Waals surface area contributed by atoms with E-state index in [0.29, 0.717) is 0 Å². The molecule has 0 fully saturated rings. The molecule has 4 heavy (non-hydrogen) atoms. The van der Waals surface area contributed by atoms with Crippen molar-refractivity contribution in [3.63, 3.8) is 0 Å². The Morgan fingerprint density at radius 3 is 1.25 bits per heavy atom. The minimum absolute atomic E-state index is 0. The van der Waals surface area contributed by atoms with Gasteiger partial charge in [-0.2, -0.15) is 0 Å². The molecule has 0 saturated carbocycles. The summed E-state index contributed by atoms with van der Waals surface area (Å²) in [6.07, 6.45) is 0. The van der Waals surface area contributed by atoms with Gasteiger partial charge in [-0.1, -0.05) is 0 Å². The van der Waals surface area contributed by atoms with Gasteiger partial charge in [0.15, 0.2) is 0 Å². The zero-order chi connectivity index (χ0) is 2.00. The third kappa shape index (κ3) is 8.95. The van der Waals surface area contributed by atoms with Crippen molar-refractivity contribution >= 4 is 48.9 Å². The summed E-state index contributed by atoms with van der Waals surface area (Å²) in [4.78, 5) is 0. The predicted octanol–water partition coefficient (Wildman–Crippen LogP) is -1.04. The van der Waals surface area contributed by atoms with Gasteiger partial charge in [-0.15, -0.1) is 0 Å². The molecule has 4 heteroatoms. The summed E-state index contributed by atoms with van der Waals surface area (Å²) in [5.41, 5.74) is 0. The van der Waals surface area contributed by atoms with Crippen molar-refractivity contribution in [2.24, 2.45) is 0 Å². The van der Waals surface area contributed by atoms with Crippen LogP contribution >= 0.6 is 0 Å². The fraction of sp³-hybridized carbons (Fsp3) is 0. The summed E-state index contributed by atoms with van der Waals surface area (Å²) < 4.78 is 7.81. The number of rotatable bonds is 0. The van der Waals surface area contributed by atoms with E-state index in [-0.39, 0.29) is 87.5 Å². The van der Waals surface area contributed by atoms with Crippen molar-refractivity contribution in [1.29, 1.82) is 0 Å². The zero-order valence-electron chi connectivity index (χ0n) is 1.04. The summed E-state index contributed by atoms with van der Waals surface area (Å²) in [5, 5.41) is 0. The Morgan fingerprint density at radius 1 is 1.25 bits per heavy atom. The summed E-state index contributed by atoms with van der Waals surface area (Å²) in [6, 6.07) is 0. The molecule has 0 aromatic heterocycles. The van der Waals surface area contributed by atoms with Crippen LogP contribution in [0.1, 0.15) is 0 Å². The van der Waals surface area contributed by atoms with Crippen LogP contribution in [0.3, 0.4) is 0 Å². The molecule has 0 aromatic rings. The molecular formula is H2BaCuOTb. The van der Waals surface area contributed by atoms with Gasteiger partial charge in [0.1, 0.15) is 0 Å². The van der Waals surface area contributed by atoms with Crippen LogP contribution in [0.4, 0.5) is 0 Å². The van der Waals surface area contributed by atoms with Crippen molar-refractivity contribution in [1.82, 2.24) is 0 Å². The van der Waals surface area contributed by atoms with Gasteiger partial charge in [0.25, 0.3) is 0 Å². The largest absolute Gasteiger partial charge is 0 e.